The summed E-state index contributed by atoms with van der Waals surface area (Å²) in [5.74, 6) is -0.274. The zero-order chi connectivity index (χ0) is 41.5. The average Bonchev–Trinajstić information content (AvgIpc) is 4.09. The number of allylic oxidation sites excluding steroid dienone is 1. The number of benzene rings is 3. The quantitative estimate of drug-likeness (QED) is 0.124. The lowest BCUT2D eigenvalue weighted by atomic mass is 9.94. The van der Waals surface area contributed by atoms with E-state index in [1.807, 2.05) is 90.8 Å². The molecule has 0 saturated carbocycles. The van der Waals surface area contributed by atoms with Gasteiger partial charge in [0, 0.05) is 55.4 Å². The molecule has 7 rings (SSSR count). The predicted octanol–water partition coefficient (Wildman–Crippen LogP) is 6.67. The highest BCUT2D eigenvalue weighted by atomic mass is 16.5. The van der Waals surface area contributed by atoms with Crippen molar-refractivity contribution in [3.05, 3.63) is 132 Å². The molecule has 2 aliphatic rings. The third kappa shape index (κ3) is 8.96. The van der Waals surface area contributed by atoms with Crippen molar-refractivity contribution in [3.8, 4) is 22.6 Å². The number of esters is 1. The minimum absolute atomic E-state index is 0.0395. The van der Waals surface area contributed by atoms with Crippen molar-refractivity contribution in [1.29, 1.82) is 0 Å². The van der Waals surface area contributed by atoms with E-state index >= 15 is 0 Å². The number of nitrogens with zero attached hydrogens (tertiary/aromatic N) is 6. The van der Waals surface area contributed by atoms with Crippen LogP contribution in [0.2, 0.25) is 0 Å². The van der Waals surface area contributed by atoms with Crippen LogP contribution in [0.4, 0.5) is 4.79 Å². The van der Waals surface area contributed by atoms with Crippen molar-refractivity contribution in [2.24, 2.45) is 4.99 Å². The molecule has 3 aromatic carbocycles. The average molecular weight is 795 g/mol. The number of carbonyl (C=O) groups excluding carboxylic acids is 4. The van der Waals surface area contributed by atoms with E-state index in [0.717, 1.165) is 52.1 Å². The van der Waals surface area contributed by atoms with Crippen LogP contribution in [0.5, 0.6) is 0 Å². The number of likely N-dealkylation sites (tertiary alicyclic amines) is 1. The van der Waals surface area contributed by atoms with Crippen molar-refractivity contribution in [1.82, 2.24) is 35.1 Å². The van der Waals surface area contributed by atoms with E-state index in [4.69, 9.17) is 9.47 Å². The van der Waals surface area contributed by atoms with Gasteiger partial charge in [-0.05, 0) is 42.0 Å². The molecule has 3 amide bonds. The molecule has 1 saturated heterocycles. The summed E-state index contributed by atoms with van der Waals surface area (Å²) >= 11 is 0. The summed E-state index contributed by atoms with van der Waals surface area (Å²) in [5, 5.41) is 2.66. The third-order valence-electron chi connectivity index (χ3n) is 11.0. The lowest BCUT2D eigenvalue weighted by molar-refractivity contribution is -0.145. The second kappa shape index (κ2) is 18.1. The molecule has 4 atom stereocenters. The van der Waals surface area contributed by atoms with Gasteiger partial charge in [-0.25, -0.2) is 19.7 Å². The molecule has 0 aliphatic carbocycles. The van der Waals surface area contributed by atoms with E-state index in [1.54, 1.807) is 42.7 Å². The van der Waals surface area contributed by atoms with Crippen LogP contribution in [0.15, 0.2) is 115 Å². The maximum atomic E-state index is 13.9. The summed E-state index contributed by atoms with van der Waals surface area (Å²) in [4.78, 5) is 77.4. The Bertz CT molecular complexity index is 2350. The van der Waals surface area contributed by atoms with Crippen LogP contribution in [0.1, 0.15) is 73.1 Å². The van der Waals surface area contributed by atoms with Crippen LogP contribution < -0.4 is 5.32 Å². The first kappa shape index (κ1) is 40.2. The minimum atomic E-state index is -0.911. The summed E-state index contributed by atoms with van der Waals surface area (Å²) < 4.78 is 9.71. The Hall–Kier alpha value is -6.96. The standard InChI is InChI=1S/C45H46N8O6/c1-28(52(2)44(56)40(51-45(57)59-4)31-14-9-6-10-15-31)36-22-33(24-46-36)29-17-19-32(20-18-29)41-47-25-34(26-48-41)37-27-49-42(50-37)38-16-11-21-53(38)43(55)35(23-39(54)58-3)30-12-7-5-8-13-30/h5-10,12-15,17-20,24-28,35,38,40H,11,16,21-23H2,1-4H3,(H,49,50)(H,51,57)/t28-,35+,38-,40+/m0/s1. The van der Waals surface area contributed by atoms with Gasteiger partial charge >= 0.3 is 12.1 Å². The number of ether oxygens (including phenoxy) is 2. The largest absolute Gasteiger partial charge is 0.469 e. The van der Waals surface area contributed by atoms with E-state index in [1.165, 1.54) is 14.2 Å². The number of hydrogen-bond acceptors (Lipinski definition) is 10. The fourth-order valence-corrected chi connectivity index (χ4v) is 7.51. The third-order valence-corrected chi connectivity index (χ3v) is 11.0. The first-order chi connectivity index (χ1) is 28.6. The molecule has 0 unspecified atom stereocenters. The number of alkyl carbamates (subject to hydrolysis) is 1. The number of carbonyl (C=O) groups is 4. The minimum Gasteiger partial charge on any atom is -0.469 e. The van der Waals surface area contributed by atoms with Crippen LogP contribution >= 0.6 is 0 Å². The van der Waals surface area contributed by atoms with Gasteiger partial charge in [-0.3, -0.25) is 19.4 Å². The van der Waals surface area contributed by atoms with Gasteiger partial charge in [0.1, 0.15) is 11.9 Å². The molecule has 1 fully saturated rings. The summed E-state index contributed by atoms with van der Waals surface area (Å²) in [6, 6.07) is 24.8. The monoisotopic (exact) mass is 794 g/mol. The highest BCUT2D eigenvalue weighted by Gasteiger charge is 2.37. The summed E-state index contributed by atoms with van der Waals surface area (Å²) in [6.45, 7) is 2.49. The molecule has 0 radical (unpaired) electrons. The van der Waals surface area contributed by atoms with Gasteiger partial charge in [0.25, 0.3) is 0 Å². The van der Waals surface area contributed by atoms with E-state index in [-0.39, 0.29) is 30.3 Å². The summed E-state index contributed by atoms with van der Waals surface area (Å²) in [6.07, 6.45) is 8.44. The van der Waals surface area contributed by atoms with Crippen LogP contribution in [-0.2, 0) is 23.9 Å². The lowest BCUT2D eigenvalue weighted by Gasteiger charge is -2.29. The van der Waals surface area contributed by atoms with Gasteiger partial charge in [0.2, 0.25) is 11.8 Å². The number of hydrogen-bond donors (Lipinski definition) is 2. The van der Waals surface area contributed by atoms with Crippen molar-refractivity contribution >= 4 is 35.2 Å². The Morgan fingerprint density at radius 3 is 2.17 bits per heavy atom. The van der Waals surface area contributed by atoms with Crippen molar-refractivity contribution in [2.75, 3.05) is 27.8 Å². The van der Waals surface area contributed by atoms with E-state index in [0.29, 0.717) is 30.2 Å². The molecule has 0 bridgehead atoms. The van der Waals surface area contributed by atoms with Crippen LogP contribution in [0, 0.1) is 0 Å². The summed E-state index contributed by atoms with van der Waals surface area (Å²) in [5.41, 5.74) is 6.58. The molecule has 14 heteroatoms. The Morgan fingerprint density at radius 2 is 1.51 bits per heavy atom. The number of aliphatic imine (C=N–C) groups is 1. The highest BCUT2D eigenvalue weighted by Crippen LogP contribution is 2.36. The molecular formula is C45H46N8O6. The Labute approximate surface area is 342 Å². The van der Waals surface area contributed by atoms with Gasteiger partial charge in [0.05, 0.1) is 50.5 Å². The molecule has 2 N–H and O–H groups in total. The zero-order valence-electron chi connectivity index (χ0n) is 33.4. The predicted molar refractivity (Wildman–Crippen MR) is 222 cm³/mol. The number of likely N-dealkylation sites (N-methyl/N-ethyl adjacent to an activating group) is 1. The topological polar surface area (TPSA) is 172 Å². The normalized spacial score (nSPS) is 16.3. The SMILES string of the molecule is COC(=O)C[C@@H](C(=O)N1CCC[C@H]1c1ncc(-c2cnc(-c3ccc(C4=CN=C([C@H](C)N(C)C(=O)[C@H](NC(=O)OC)c5ccccc5)C4)cc3)nc2)[nH]1)c1ccccc1. The van der Waals surface area contributed by atoms with Crippen molar-refractivity contribution in [3.63, 3.8) is 0 Å². The number of methoxy groups -OCH3 is 2. The molecule has 302 valence electrons. The first-order valence-electron chi connectivity index (χ1n) is 19.5. The van der Waals surface area contributed by atoms with Crippen molar-refractivity contribution < 1.29 is 28.7 Å². The van der Waals surface area contributed by atoms with Gasteiger partial charge in [0.15, 0.2) is 5.82 Å². The fourth-order valence-electron chi connectivity index (χ4n) is 7.51. The second-order valence-electron chi connectivity index (χ2n) is 14.5. The lowest BCUT2D eigenvalue weighted by Crippen LogP contribution is -2.47. The molecule has 4 heterocycles. The highest BCUT2D eigenvalue weighted by molar-refractivity contribution is 6.03. The Balaban J connectivity index is 0.973. The van der Waals surface area contributed by atoms with Gasteiger partial charge in [-0.2, -0.15) is 0 Å². The smallest absolute Gasteiger partial charge is 0.407 e. The molecular weight excluding hydrogens is 749 g/mol. The number of amides is 3. The zero-order valence-corrected chi connectivity index (χ0v) is 33.4. The molecule has 5 aromatic rings. The number of rotatable bonds is 13. The molecule has 59 heavy (non-hydrogen) atoms. The van der Waals surface area contributed by atoms with Crippen LogP contribution in [-0.4, -0.2) is 93.2 Å². The number of H-pyrrole nitrogens is 1. The Morgan fingerprint density at radius 1 is 0.847 bits per heavy atom. The number of aromatic nitrogens is 4. The molecule has 0 spiro atoms. The summed E-state index contributed by atoms with van der Waals surface area (Å²) in [7, 11) is 4.30. The molecule has 2 aromatic heterocycles. The molecule has 2 aliphatic heterocycles. The Kier molecular flexibility index (Phi) is 12.3. The van der Waals surface area contributed by atoms with Crippen molar-refractivity contribution in [2.45, 2.75) is 56.7 Å². The second-order valence-corrected chi connectivity index (χ2v) is 14.5. The van der Waals surface area contributed by atoms with E-state index < -0.39 is 24.0 Å². The van der Waals surface area contributed by atoms with Gasteiger partial charge < -0.3 is 29.6 Å². The maximum absolute atomic E-state index is 13.9. The van der Waals surface area contributed by atoms with Gasteiger partial charge in [-0.1, -0.05) is 84.9 Å². The number of aromatic amines is 1. The number of nitrogens with one attached hydrogen (secondary N) is 2. The van der Waals surface area contributed by atoms with E-state index in [9.17, 15) is 19.2 Å². The maximum Gasteiger partial charge on any atom is 0.407 e. The van der Waals surface area contributed by atoms with Gasteiger partial charge in [-0.15, -0.1) is 0 Å². The van der Waals surface area contributed by atoms with E-state index in [2.05, 4.69) is 30.2 Å². The molecule has 14 nitrogen and oxygen atoms in total. The van der Waals surface area contributed by atoms with Crippen LogP contribution in [0.25, 0.3) is 28.2 Å². The van der Waals surface area contributed by atoms with Crippen LogP contribution in [0.3, 0.4) is 0 Å². The number of imidazole rings is 1. The fraction of sp³-hybridized carbons (Fsp3) is 0.289. The first-order valence-corrected chi connectivity index (χ1v) is 19.5.